The minimum Gasteiger partial charge on any atom is -0.409 e. The zero-order valence-corrected chi connectivity index (χ0v) is 10.0. The molecule has 0 aliphatic heterocycles. The molecule has 0 saturated heterocycles. The van der Waals surface area contributed by atoms with Crippen molar-refractivity contribution in [2.45, 2.75) is 26.4 Å². The van der Waals surface area contributed by atoms with E-state index in [1.165, 1.54) is 0 Å². The highest BCUT2D eigenvalue weighted by Gasteiger charge is 2.05. The molecule has 16 heavy (non-hydrogen) atoms. The fraction of sp³-hybridized carbons (Fsp3) is 0.417. The fourth-order valence-electron chi connectivity index (χ4n) is 1.36. The van der Waals surface area contributed by atoms with E-state index in [2.05, 4.69) is 31.0 Å². The van der Waals surface area contributed by atoms with Gasteiger partial charge >= 0.3 is 0 Å². The van der Waals surface area contributed by atoms with Gasteiger partial charge in [-0.25, -0.2) is 0 Å². The van der Waals surface area contributed by atoms with E-state index >= 15 is 0 Å². The Morgan fingerprint density at radius 3 is 2.75 bits per heavy atom. The van der Waals surface area contributed by atoms with Crippen LogP contribution < -0.4 is 5.73 Å². The highest BCUT2D eigenvalue weighted by atomic mass is 16.4. The Bertz CT molecular complexity index is 374. The van der Waals surface area contributed by atoms with Crippen molar-refractivity contribution in [1.82, 2.24) is 4.90 Å². The molecule has 0 aromatic heterocycles. The first-order valence-corrected chi connectivity index (χ1v) is 5.31. The number of amidine groups is 1. The minimum atomic E-state index is 0.147. The lowest BCUT2D eigenvalue weighted by molar-refractivity contribution is 0.266. The lowest BCUT2D eigenvalue weighted by atomic mass is 10.1. The Kier molecular flexibility index (Phi) is 4.31. The van der Waals surface area contributed by atoms with Crippen molar-refractivity contribution in [3.63, 3.8) is 0 Å². The molecule has 0 aliphatic carbocycles. The second-order valence-corrected chi connectivity index (χ2v) is 4.19. The van der Waals surface area contributed by atoms with Gasteiger partial charge in [0.2, 0.25) is 0 Å². The Labute approximate surface area is 96.4 Å². The molecule has 0 fully saturated rings. The smallest absolute Gasteiger partial charge is 0.170 e. The molecule has 0 unspecified atom stereocenters. The van der Waals surface area contributed by atoms with Gasteiger partial charge in [0, 0.05) is 18.2 Å². The molecule has 1 aromatic rings. The molecule has 0 radical (unpaired) electrons. The largest absolute Gasteiger partial charge is 0.409 e. The lowest BCUT2D eigenvalue weighted by Crippen LogP contribution is -2.25. The van der Waals surface area contributed by atoms with E-state index in [9.17, 15) is 0 Å². The number of hydrogen-bond donors (Lipinski definition) is 2. The molecule has 0 aliphatic rings. The summed E-state index contributed by atoms with van der Waals surface area (Å²) in [5.74, 6) is 0.147. The molecule has 3 N–H and O–H groups in total. The topological polar surface area (TPSA) is 61.8 Å². The fourth-order valence-corrected chi connectivity index (χ4v) is 1.36. The number of hydrogen-bond acceptors (Lipinski definition) is 3. The van der Waals surface area contributed by atoms with Crippen LogP contribution in [-0.4, -0.2) is 29.0 Å². The summed E-state index contributed by atoms with van der Waals surface area (Å²) in [6, 6.07) is 8.21. The Hall–Kier alpha value is -1.55. The third-order valence-corrected chi connectivity index (χ3v) is 2.64. The molecule has 1 aromatic carbocycles. The standard InChI is InChI=1S/C12H19N3O/c1-9(2)15(3)8-10-5-4-6-11(7-10)12(13)14-16/h4-7,9,16H,8H2,1-3H3,(H2,13,14). The molecular formula is C12H19N3O. The second-order valence-electron chi connectivity index (χ2n) is 4.19. The highest BCUT2D eigenvalue weighted by Crippen LogP contribution is 2.09. The van der Waals surface area contributed by atoms with E-state index in [0.717, 1.165) is 17.7 Å². The van der Waals surface area contributed by atoms with Gasteiger partial charge in [0.15, 0.2) is 5.84 Å². The van der Waals surface area contributed by atoms with Crippen LogP contribution in [0.25, 0.3) is 0 Å². The van der Waals surface area contributed by atoms with Crippen molar-refractivity contribution in [2.75, 3.05) is 7.05 Å². The summed E-state index contributed by atoms with van der Waals surface area (Å²) in [6.45, 7) is 5.14. The van der Waals surface area contributed by atoms with Gasteiger partial charge in [-0.2, -0.15) is 0 Å². The van der Waals surface area contributed by atoms with Gasteiger partial charge in [-0.15, -0.1) is 0 Å². The van der Waals surface area contributed by atoms with Crippen LogP contribution in [0.5, 0.6) is 0 Å². The zero-order chi connectivity index (χ0) is 12.1. The number of benzene rings is 1. The van der Waals surface area contributed by atoms with E-state index in [-0.39, 0.29) is 5.84 Å². The van der Waals surface area contributed by atoms with E-state index in [4.69, 9.17) is 10.9 Å². The van der Waals surface area contributed by atoms with Gasteiger partial charge in [-0.3, -0.25) is 4.90 Å². The molecule has 0 heterocycles. The summed E-state index contributed by atoms with van der Waals surface area (Å²) in [4.78, 5) is 2.23. The van der Waals surface area contributed by atoms with Gasteiger partial charge in [0.1, 0.15) is 0 Å². The van der Waals surface area contributed by atoms with E-state index in [1.54, 1.807) is 0 Å². The molecule has 0 bridgehead atoms. The van der Waals surface area contributed by atoms with Crippen LogP contribution in [0, 0.1) is 0 Å². The normalized spacial score (nSPS) is 12.4. The molecule has 4 heteroatoms. The van der Waals surface area contributed by atoms with Gasteiger partial charge in [0.25, 0.3) is 0 Å². The lowest BCUT2D eigenvalue weighted by Gasteiger charge is -2.21. The molecule has 0 spiro atoms. The summed E-state index contributed by atoms with van der Waals surface area (Å²) >= 11 is 0. The summed E-state index contributed by atoms with van der Waals surface area (Å²) in [5.41, 5.74) is 7.44. The first kappa shape index (κ1) is 12.5. The summed E-state index contributed by atoms with van der Waals surface area (Å²) < 4.78 is 0. The van der Waals surface area contributed by atoms with Crippen LogP contribution in [0.15, 0.2) is 29.4 Å². The van der Waals surface area contributed by atoms with Crippen LogP contribution in [0.2, 0.25) is 0 Å². The number of oxime groups is 1. The molecule has 0 amide bonds. The quantitative estimate of drug-likeness (QED) is 0.351. The Balaban J connectivity index is 2.83. The SMILES string of the molecule is CC(C)N(C)Cc1cccc(/C(N)=N/O)c1. The van der Waals surface area contributed by atoms with Crippen molar-refractivity contribution in [2.24, 2.45) is 10.9 Å². The van der Waals surface area contributed by atoms with Crippen LogP contribution >= 0.6 is 0 Å². The summed E-state index contributed by atoms with van der Waals surface area (Å²) in [7, 11) is 2.07. The van der Waals surface area contributed by atoms with Crippen molar-refractivity contribution in [1.29, 1.82) is 0 Å². The van der Waals surface area contributed by atoms with Gasteiger partial charge in [-0.05, 0) is 32.5 Å². The van der Waals surface area contributed by atoms with Gasteiger partial charge in [-0.1, -0.05) is 23.4 Å². The monoisotopic (exact) mass is 221 g/mol. The van der Waals surface area contributed by atoms with Crippen LogP contribution in [0.3, 0.4) is 0 Å². The molecule has 1 rings (SSSR count). The number of nitrogens with zero attached hydrogens (tertiary/aromatic N) is 2. The maximum Gasteiger partial charge on any atom is 0.170 e. The van der Waals surface area contributed by atoms with Crippen molar-refractivity contribution < 1.29 is 5.21 Å². The first-order valence-electron chi connectivity index (χ1n) is 5.31. The summed E-state index contributed by atoms with van der Waals surface area (Å²) in [6.07, 6.45) is 0. The second kappa shape index (κ2) is 5.51. The van der Waals surface area contributed by atoms with Crippen molar-refractivity contribution in [3.05, 3.63) is 35.4 Å². The molecular weight excluding hydrogens is 202 g/mol. The first-order chi connectivity index (χ1) is 7.54. The summed E-state index contributed by atoms with van der Waals surface area (Å²) in [5, 5.41) is 11.6. The predicted molar refractivity (Wildman–Crippen MR) is 65.6 cm³/mol. The average molecular weight is 221 g/mol. The van der Waals surface area contributed by atoms with Crippen LogP contribution in [0.1, 0.15) is 25.0 Å². The van der Waals surface area contributed by atoms with Crippen LogP contribution in [0.4, 0.5) is 0 Å². The van der Waals surface area contributed by atoms with Gasteiger partial charge in [0.05, 0.1) is 0 Å². The van der Waals surface area contributed by atoms with Crippen molar-refractivity contribution >= 4 is 5.84 Å². The maximum atomic E-state index is 8.60. The van der Waals surface area contributed by atoms with Crippen molar-refractivity contribution in [3.8, 4) is 0 Å². The average Bonchev–Trinajstić information content (AvgIpc) is 2.28. The van der Waals surface area contributed by atoms with E-state index in [1.807, 2.05) is 24.3 Å². The highest BCUT2D eigenvalue weighted by molar-refractivity contribution is 5.97. The number of nitrogens with two attached hydrogens (primary N) is 1. The number of rotatable bonds is 4. The van der Waals surface area contributed by atoms with Crippen LogP contribution in [-0.2, 0) is 6.54 Å². The minimum absolute atomic E-state index is 0.147. The molecule has 0 saturated carbocycles. The predicted octanol–water partition coefficient (Wildman–Crippen LogP) is 1.62. The molecule has 0 atom stereocenters. The molecule has 4 nitrogen and oxygen atoms in total. The third kappa shape index (κ3) is 3.24. The third-order valence-electron chi connectivity index (χ3n) is 2.64. The maximum absolute atomic E-state index is 8.60. The van der Waals surface area contributed by atoms with E-state index < -0.39 is 0 Å². The zero-order valence-electron chi connectivity index (χ0n) is 10.0. The molecule has 88 valence electrons. The van der Waals surface area contributed by atoms with Gasteiger partial charge < -0.3 is 10.9 Å². The Morgan fingerprint density at radius 1 is 1.50 bits per heavy atom. The van der Waals surface area contributed by atoms with E-state index in [0.29, 0.717) is 6.04 Å². The Morgan fingerprint density at radius 2 is 2.19 bits per heavy atom.